The molecule has 8 heteroatoms. The normalized spacial score (nSPS) is 19.0. The zero-order valence-corrected chi connectivity index (χ0v) is 16.4. The molecule has 3 atom stereocenters. The SMILES string of the molecule is COc1ccnc(C(=O)N[C@@H](C)C(=O)O[C@@H]2CCc3cc(F)ccc3[C@H]2C)c1O. The molecule has 1 heterocycles. The molecule has 0 spiro atoms. The minimum Gasteiger partial charge on any atom is -0.503 e. The second-order valence-electron chi connectivity index (χ2n) is 7.05. The molecule has 0 bridgehead atoms. The highest BCUT2D eigenvalue weighted by Gasteiger charge is 2.31. The third-order valence-corrected chi connectivity index (χ3v) is 5.14. The molecule has 2 N–H and O–H groups in total. The number of aromatic hydroxyl groups is 1. The van der Waals surface area contributed by atoms with Crippen LogP contribution in [0.5, 0.6) is 11.5 Å². The van der Waals surface area contributed by atoms with E-state index in [-0.39, 0.29) is 29.3 Å². The Morgan fingerprint density at radius 2 is 2.10 bits per heavy atom. The van der Waals surface area contributed by atoms with E-state index in [0.29, 0.717) is 12.8 Å². The monoisotopic (exact) mass is 402 g/mol. The summed E-state index contributed by atoms with van der Waals surface area (Å²) in [5, 5.41) is 12.5. The third kappa shape index (κ3) is 4.31. The Hall–Kier alpha value is -3.16. The highest BCUT2D eigenvalue weighted by atomic mass is 19.1. The van der Waals surface area contributed by atoms with Gasteiger partial charge in [0.1, 0.15) is 18.0 Å². The van der Waals surface area contributed by atoms with Crippen molar-refractivity contribution in [2.75, 3.05) is 7.11 Å². The number of aromatic nitrogens is 1. The number of methoxy groups -OCH3 is 1. The Morgan fingerprint density at radius 1 is 1.34 bits per heavy atom. The van der Waals surface area contributed by atoms with Crippen molar-refractivity contribution >= 4 is 11.9 Å². The number of pyridine rings is 1. The summed E-state index contributed by atoms with van der Waals surface area (Å²) in [5.41, 5.74) is 1.63. The molecule has 3 rings (SSSR count). The maximum atomic E-state index is 13.4. The Labute approximate surface area is 167 Å². The average molecular weight is 402 g/mol. The lowest BCUT2D eigenvalue weighted by Crippen LogP contribution is -2.42. The quantitative estimate of drug-likeness (QED) is 0.747. The van der Waals surface area contributed by atoms with Gasteiger partial charge in [-0.05, 0) is 43.0 Å². The Kier molecular flexibility index (Phi) is 6.00. The van der Waals surface area contributed by atoms with Gasteiger partial charge in [-0.1, -0.05) is 13.0 Å². The van der Waals surface area contributed by atoms with E-state index in [2.05, 4.69) is 10.3 Å². The summed E-state index contributed by atoms with van der Waals surface area (Å²) in [6, 6.07) is 5.10. The van der Waals surface area contributed by atoms with Gasteiger partial charge in [-0.3, -0.25) is 4.79 Å². The number of halogens is 1. The van der Waals surface area contributed by atoms with Crippen LogP contribution in [-0.4, -0.2) is 41.2 Å². The summed E-state index contributed by atoms with van der Waals surface area (Å²) < 4.78 is 24.0. The number of hydrogen-bond donors (Lipinski definition) is 2. The van der Waals surface area contributed by atoms with Crippen molar-refractivity contribution in [2.45, 2.75) is 44.8 Å². The second-order valence-corrected chi connectivity index (χ2v) is 7.05. The van der Waals surface area contributed by atoms with Crippen LogP contribution in [-0.2, 0) is 16.0 Å². The number of esters is 1. The number of ether oxygens (including phenoxy) is 2. The number of carbonyl (C=O) groups is 2. The predicted octanol–water partition coefficient (Wildman–Crippen LogP) is 2.71. The first-order chi connectivity index (χ1) is 13.8. The van der Waals surface area contributed by atoms with E-state index >= 15 is 0 Å². The highest BCUT2D eigenvalue weighted by molar-refractivity contribution is 5.97. The minimum atomic E-state index is -0.947. The van der Waals surface area contributed by atoms with E-state index in [1.807, 2.05) is 6.92 Å². The van der Waals surface area contributed by atoms with E-state index in [1.54, 1.807) is 6.07 Å². The lowest BCUT2D eigenvalue weighted by molar-refractivity contribution is -0.152. The molecule has 0 unspecified atom stereocenters. The van der Waals surface area contributed by atoms with Crippen molar-refractivity contribution in [3.63, 3.8) is 0 Å². The molecule has 1 amide bonds. The standard InChI is InChI=1S/C21H23FN2O5/c1-11-15-6-5-14(22)10-13(15)4-7-16(11)29-21(27)12(2)24-20(26)18-19(25)17(28-3)8-9-23-18/h5-6,8-12,16,25H,4,7H2,1-3H3,(H,24,26)/t11-,12+,16-/m1/s1. The van der Waals surface area contributed by atoms with Crippen LogP contribution in [0, 0.1) is 5.82 Å². The molecule has 2 aromatic rings. The summed E-state index contributed by atoms with van der Waals surface area (Å²) in [7, 11) is 1.36. The zero-order valence-electron chi connectivity index (χ0n) is 16.4. The largest absolute Gasteiger partial charge is 0.503 e. The Bertz CT molecular complexity index is 933. The molecule has 0 saturated carbocycles. The van der Waals surface area contributed by atoms with E-state index in [9.17, 15) is 19.1 Å². The molecule has 1 aromatic carbocycles. The van der Waals surface area contributed by atoms with Crippen LogP contribution in [0.15, 0.2) is 30.5 Å². The molecular formula is C21H23FN2O5. The predicted molar refractivity (Wildman–Crippen MR) is 102 cm³/mol. The number of amides is 1. The first-order valence-electron chi connectivity index (χ1n) is 9.33. The maximum Gasteiger partial charge on any atom is 0.328 e. The summed E-state index contributed by atoms with van der Waals surface area (Å²) in [4.78, 5) is 28.7. The van der Waals surface area contributed by atoms with Crippen molar-refractivity contribution in [2.24, 2.45) is 0 Å². The molecule has 1 aromatic heterocycles. The van der Waals surface area contributed by atoms with Crippen LogP contribution in [0.2, 0.25) is 0 Å². The van der Waals surface area contributed by atoms with E-state index < -0.39 is 23.7 Å². The molecule has 7 nitrogen and oxygen atoms in total. The maximum absolute atomic E-state index is 13.4. The van der Waals surface area contributed by atoms with Crippen molar-refractivity contribution in [1.29, 1.82) is 0 Å². The molecular weight excluding hydrogens is 379 g/mol. The number of hydrogen-bond acceptors (Lipinski definition) is 6. The van der Waals surface area contributed by atoms with Gasteiger partial charge in [-0.25, -0.2) is 14.2 Å². The summed E-state index contributed by atoms with van der Waals surface area (Å²) in [6.45, 7) is 3.42. The summed E-state index contributed by atoms with van der Waals surface area (Å²) >= 11 is 0. The van der Waals surface area contributed by atoms with Crippen LogP contribution in [0.25, 0.3) is 0 Å². The zero-order chi connectivity index (χ0) is 21.1. The molecule has 1 aliphatic rings. The molecule has 0 aliphatic heterocycles. The first-order valence-corrected chi connectivity index (χ1v) is 9.33. The van der Waals surface area contributed by atoms with Crippen molar-refractivity contribution in [3.05, 3.63) is 53.1 Å². The molecule has 0 radical (unpaired) electrons. The molecule has 0 saturated heterocycles. The van der Waals surface area contributed by atoms with Gasteiger partial charge in [0, 0.05) is 18.2 Å². The smallest absolute Gasteiger partial charge is 0.328 e. The van der Waals surface area contributed by atoms with E-state index in [0.717, 1.165) is 11.1 Å². The van der Waals surface area contributed by atoms with Gasteiger partial charge in [0.25, 0.3) is 5.91 Å². The van der Waals surface area contributed by atoms with E-state index in [1.165, 1.54) is 38.4 Å². The van der Waals surface area contributed by atoms with Crippen molar-refractivity contribution in [3.8, 4) is 11.5 Å². The number of aryl methyl sites for hydroxylation is 1. The lowest BCUT2D eigenvalue weighted by atomic mass is 9.82. The minimum absolute atomic E-state index is 0.0877. The average Bonchev–Trinajstić information content (AvgIpc) is 2.70. The number of nitrogens with one attached hydrogen (secondary N) is 1. The fourth-order valence-corrected chi connectivity index (χ4v) is 3.49. The molecule has 0 fully saturated rings. The molecule has 29 heavy (non-hydrogen) atoms. The van der Waals surface area contributed by atoms with Gasteiger partial charge >= 0.3 is 5.97 Å². The number of benzene rings is 1. The second kappa shape index (κ2) is 8.46. The van der Waals surface area contributed by atoms with Crippen LogP contribution < -0.4 is 10.1 Å². The van der Waals surface area contributed by atoms with Crippen molar-refractivity contribution in [1.82, 2.24) is 10.3 Å². The van der Waals surface area contributed by atoms with Gasteiger partial charge < -0.3 is 19.9 Å². The molecule has 154 valence electrons. The lowest BCUT2D eigenvalue weighted by Gasteiger charge is -2.31. The van der Waals surface area contributed by atoms with Gasteiger partial charge in [-0.2, -0.15) is 0 Å². The topological polar surface area (TPSA) is 97.8 Å². The van der Waals surface area contributed by atoms with Gasteiger partial charge in [0.05, 0.1) is 7.11 Å². The number of rotatable bonds is 5. The number of nitrogens with zero attached hydrogens (tertiary/aromatic N) is 1. The fraction of sp³-hybridized carbons (Fsp3) is 0.381. The van der Waals surface area contributed by atoms with Crippen LogP contribution in [0.4, 0.5) is 4.39 Å². The van der Waals surface area contributed by atoms with E-state index in [4.69, 9.17) is 9.47 Å². The Balaban J connectivity index is 1.64. The van der Waals surface area contributed by atoms with Crippen molar-refractivity contribution < 1.29 is 28.6 Å². The Morgan fingerprint density at radius 3 is 2.83 bits per heavy atom. The third-order valence-electron chi connectivity index (χ3n) is 5.14. The van der Waals surface area contributed by atoms with Crippen LogP contribution in [0.3, 0.4) is 0 Å². The van der Waals surface area contributed by atoms with Crippen LogP contribution >= 0.6 is 0 Å². The summed E-state index contributed by atoms with van der Waals surface area (Å²) in [5.74, 6) is -1.98. The highest BCUT2D eigenvalue weighted by Crippen LogP contribution is 2.34. The fourth-order valence-electron chi connectivity index (χ4n) is 3.49. The first kappa shape index (κ1) is 20.6. The van der Waals surface area contributed by atoms with Gasteiger partial charge in [0.2, 0.25) is 0 Å². The summed E-state index contributed by atoms with van der Waals surface area (Å²) in [6.07, 6.45) is 2.13. The van der Waals surface area contributed by atoms with Gasteiger partial charge in [0.15, 0.2) is 17.2 Å². The van der Waals surface area contributed by atoms with Gasteiger partial charge in [-0.15, -0.1) is 0 Å². The van der Waals surface area contributed by atoms with Crippen LogP contribution in [0.1, 0.15) is 47.8 Å². The molecule has 1 aliphatic carbocycles. The number of carbonyl (C=O) groups excluding carboxylic acids is 2. The number of fused-ring (bicyclic) bond motifs is 1.